The van der Waals surface area contributed by atoms with Crippen molar-refractivity contribution in [2.75, 3.05) is 25.2 Å². The van der Waals surface area contributed by atoms with Crippen LogP contribution in [-0.4, -0.2) is 36.0 Å². The molecule has 1 aromatic carbocycles. The number of hydrogen-bond donors (Lipinski definition) is 1. The van der Waals surface area contributed by atoms with Crippen LogP contribution in [0.1, 0.15) is 23.7 Å². The number of nitrogens with zero attached hydrogens (tertiary/aromatic N) is 1. The molecule has 1 rings (SSSR count). The molecule has 0 heterocycles. The van der Waals surface area contributed by atoms with Crippen molar-refractivity contribution >= 4 is 23.4 Å². The average Bonchev–Trinajstić information content (AvgIpc) is 2.46. The zero-order valence-electron chi connectivity index (χ0n) is 11.5. The van der Waals surface area contributed by atoms with Crippen molar-refractivity contribution < 1.29 is 14.5 Å². The summed E-state index contributed by atoms with van der Waals surface area (Å²) in [5.41, 5.74) is 0.0577. The van der Waals surface area contributed by atoms with Gasteiger partial charge in [0.05, 0.1) is 12.0 Å². The van der Waals surface area contributed by atoms with E-state index in [-0.39, 0.29) is 22.9 Å². The second-order valence-electron chi connectivity index (χ2n) is 3.95. The molecule has 6 nitrogen and oxygen atoms in total. The number of methoxy groups -OCH3 is 1. The second-order valence-corrected chi connectivity index (χ2v) is 5.34. The van der Waals surface area contributed by atoms with Crippen molar-refractivity contribution in [1.29, 1.82) is 0 Å². The van der Waals surface area contributed by atoms with Crippen LogP contribution in [0.3, 0.4) is 0 Å². The van der Waals surface area contributed by atoms with Gasteiger partial charge in [-0.05, 0) is 30.1 Å². The maximum atomic E-state index is 11.9. The minimum atomic E-state index is -0.562. The Morgan fingerprint density at radius 1 is 1.50 bits per heavy atom. The molecule has 0 saturated carbocycles. The SMILES string of the molecule is CCSCCCNC(=O)c1ccc(OC)c([N+](=O)[O-])c1. The van der Waals surface area contributed by atoms with E-state index in [0.717, 1.165) is 17.9 Å². The predicted octanol–water partition coefficient (Wildman–Crippen LogP) is 2.48. The number of ether oxygens (including phenoxy) is 1. The summed E-state index contributed by atoms with van der Waals surface area (Å²) in [6.07, 6.45) is 0.877. The van der Waals surface area contributed by atoms with Crippen molar-refractivity contribution in [2.45, 2.75) is 13.3 Å². The normalized spacial score (nSPS) is 10.1. The first kappa shape index (κ1) is 16.3. The van der Waals surface area contributed by atoms with Gasteiger partial charge >= 0.3 is 5.69 Å². The lowest BCUT2D eigenvalue weighted by molar-refractivity contribution is -0.385. The van der Waals surface area contributed by atoms with Crippen LogP contribution in [0.15, 0.2) is 18.2 Å². The molecule has 20 heavy (non-hydrogen) atoms. The molecule has 7 heteroatoms. The zero-order valence-corrected chi connectivity index (χ0v) is 12.4. The van der Waals surface area contributed by atoms with Crippen LogP contribution in [-0.2, 0) is 0 Å². The molecule has 0 aliphatic heterocycles. The number of nitro groups is 1. The van der Waals surface area contributed by atoms with Gasteiger partial charge in [-0.3, -0.25) is 14.9 Å². The van der Waals surface area contributed by atoms with Gasteiger partial charge in [-0.15, -0.1) is 0 Å². The molecule has 0 spiro atoms. The summed E-state index contributed by atoms with van der Waals surface area (Å²) in [5, 5.41) is 13.6. The van der Waals surface area contributed by atoms with Gasteiger partial charge in [-0.2, -0.15) is 11.8 Å². The highest BCUT2D eigenvalue weighted by Gasteiger charge is 2.17. The highest BCUT2D eigenvalue weighted by molar-refractivity contribution is 7.99. The monoisotopic (exact) mass is 298 g/mol. The molecule has 1 N–H and O–H groups in total. The van der Waals surface area contributed by atoms with Gasteiger partial charge in [0.25, 0.3) is 5.91 Å². The summed E-state index contributed by atoms with van der Waals surface area (Å²) in [4.78, 5) is 22.2. The van der Waals surface area contributed by atoms with Gasteiger partial charge in [0.2, 0.25) is 0 Å². The van der Waals surface area contributed by atoms with E-state index in [1.165, 1.54) is 25.3 Å². The van der Waals surface area contributed by atoms with Crippen molar-refractivity contribution in [3.8, 4) is 5.75 Å². The quantitative estimate of drug-likeness (QED) is 0.453. The fourth-order valence-electron chi connectivity index (χ4n) is 1.60. The fraction of sp³-hybridized carbons (Fsp3) is 0.462. The molecule has 1 aromatic rings. The lowest BCUT2D eigenvalue weighted by Crippen LogP contribution is -2.24. The summed E-state index contributed by atoms with van der Waals surface area (Å²) >= 11 is 1.81. The highest BCUT2D eigenvalue weighted by Crippen LogP contribution is 2.27. The summed E-state index contributed by atoms with van der Waals surface area (Å²) in [6, 6.07) is 4.18. The number of carbonyl (C=O) groups excluding carboxylic acids is 1. The number of rotatable bonds is 8. The van der Waals surface area contributed by atoms with Gasteiger partial charge in [-0.1, -0.05) is 6.92 Å². The average molecular weight is 298 g/mol. The van der Waals surface area contributed by atoms with Crippen molar-refractivity contribution in [3.63, 3.8) is 0 Å². The fourth-order valence-corrected chi connectivity index (χ4v) is 2.23. The molecule has 0 bridgehead atoms. The number of carbonyl (C=O) groups is 1. The Hall–Kier alpha value is -1.76. The molecule has 0 aliphatic rings. The third-order valence-electron chi connectivity index (χ3n) is 2.59. The number of nitro benzene ring substituents is 1. The molecular formula is C13H18N2O4S. The van der Waals surface area contributed by atoms with E-state index < -0.39 is 4.92 Å². The molecule has 0 fully saturated rings. The minimum absolute atomic E-state index is 0.144. The standard InChI is InChI=1S/C13H18N2O4S/c1-3-20-8-4-7-14-13(16)10-5-6-12(19-2)11(9-10)15(17)18/h5-6,9H,3-4,7-8H2,1-2H3,(H,14,16). The van der Waals surface area contributed by atoms with Crippen LogP contribution < -0.4 is 10.1 Å². The molecule has 1 amide bonds. The van der Waals surface area contributed by atoms with Gasteiger partial charge in [0.1, 0.15) is 0 Å². The molecule has 0 saturated heterocycles. The molecule has 0 unspecified atom stereocenters. The Kier molecular flexibility index (Phi) is 6.86. The molecule has 0 aliphatic carbocycles. The van der Waals surface area contributed by atoms with Crippen LogP contribution in [0.5, 0.6) is 5.75 Å². The number of thioether (sulfide) groups is 1. The van der Waals surface area contributed by atoms with Crippen LogP contribution >= 0.6 is 11.8 Å². The van der Waals surface area contributed by atoms with E-state index in [2.05, 4.69) is 12.2 Å². The molecule has 0 radical (unpaired) electrons. The molecule has 110 valence electrons. The highest BCUT2D eigenvalue weighted by atomic mass is 32.2. The second kappa shape index (κ2) is 8.42. The maximum absolute atomic E-state index is 11.9. The third kappa shape index (κ3) is 4.73. The Morgan fingerprint density at radius 2 is 2.25 bits per heavy atom. The lowest BCUT2D eigenvalue weighted by atomic mass is 10.1. The van der Waals surface area contributed by atoms with Crippen molar-refractivity contribution in [3.05, 3.63) is 33.9 Å². The topological polar surface area (TPSA) is 81.5 Å². The molecule has 0 atom stereocenters. The number of amides is 1. The first-order chi connectivity index (χ1) is 9.60. The summed E-state index contributed by atoms with van der Waals surface area (Å²) in [6.45, 7) is 2.64. The van der Waals surface area contributed by atoms with Crippen molar-refractivity contribution in [1.82, 2.24) is 5.32 Å². The van der Waals surface area contributed by atoms with Gasteiger partial charge in [0.15, 0.2) is 5.75 Å². The first-order valence-corrected chi connectivity index (χ1v) is 7.44. The van der Waals surface area contributed by atoms with E-state index in [9.17, 15) is 14.9 Å². The summed E-state index contributed by atoms with van der Waals surface area (Å²) in [7, 11) is 1.35. The lowest BCUT2D eigenvalue weighted by Gasteiger charge is -2.06. The Bertz CT molecular complexity index is 479. The number of benzene rings is 1. The van der Waals surface area contributed by atoms with Crippen molar-refractivity contribution in [2.24, 2.45) is 0 Å². The van der Waals surface area contributed by atoms with E-state index >= 15 is 0 Å². The summed E-state index contributed by atoms with van der Waals surface area (Å²) in [5.74, 6) is 1.88. The smallest absolute Gasteiger partial charge is 0.311 e. The van der Waals surface area contributed by atoms with E-state index in [0.29, 0.717) is 6.54 Å². The van der Waals surface area contributed by atoms with Gasteiger partial charge < -0.3 is 10.1 Å². The molecule has 0 aromatic heterocycles. The predicted molar refractivity (Wildman–Crippen MR) is 79.6 cm³/mol. The van der Waals surface area contributed by atoms with E-state index in [4.69, 9.17) is 4.74 Å². The Morgan fingerprint density at radius 3 is 2.85 bits per heavy atom. The van der Waals surface area contributed by atoms with Crippen LogP contribution in [0.4, 0.5) is 5.69 Å². The summed E-state index contributed by atoms with van der Waals surface area (Å²) < 4.78 is 4.89. The van der Waals surface area contributed by atoms with E-state index in [1.54, 1.807) is 0 Å². The van der Waals surface area contributed by atoms with Gasteiger partial charge in [-0.25, -0.2) is 0 Å². The van der Waals surface area contributed by atoms with E-state index in [1.807, 2.05) is 11.8 Å². The molecular weight excluding hydrogens is 280 g/mol. The third-order valence-corrected chi connectivity index (χ3v) is 3.58. The Balaban J connectivity index is 2.64. The zero-order chi connectivity index (χ0) is 15.0. The largest absolute Gasteiger partial charge is 0.490 e. The van der Waals surface area contributed by atoms with Crippen LogP contribution in [0.2, 0.25) is 0 Å². The number of nitrogens with one attached hydrogen (secondary N) is 1. The van der Waals surface area contributed by atoms with Crippen LogP contribution in [0.25, 0.3) is 0 Å². The Labute approximate surface area is 122 Å². The van der Waals surface area contributed by atoms with Gasteiger partial charge in [0, 0.05) is 18.2 Å². The minimum Gasteiger partial charge on any atom is -0.490 e. The first-order valence-electron chi connectivity index (χ1n) is 6.28. The van der Waals surface area contributed by atoms with Crippen LogP contribution in [0, 0.1) is 10.1 Å². The maximum Gasteiger partial charge on any atom is 0.311 e. The number of hydrogen-bond acceptors (Lipinski definition) is 5.